The van der Waals surface area contributed by atoms with Crippen molar-refractivity contribution < 1.29 is 9.47 Å². The molecule has 1 heterocycles. The van der Waals surface area contributed by atoms with Gasteiger partial charge in [-0.15, -0.1) is 0 Å². The molecule has 1 unspecified atom stereocenters. The minimum Gasteiger partial charge on any atom is -0.490 e. The molecule has 0 N–H and O–H groups in total. The van der Waals surface area contributed by atoms with Gasteiger partial charge in [-0.05, 0) is 314 Å². The standard InChI is InChI=1S/C59H80O2/c1-33-2-35-3-34(1)17-55(16-33,18-35)49-50(56-19-36-4-37(20-56)6-38(5-36)21-56)52(58-25-42-10-43(26-58)12-44(11-42)27-58)54(61-32-48-31-60-48)53(59-28-45-13-46(29-59)15-47(14-45)30-59)51(49)57-22-39-7-40(23-57)9-41(8-39)24-57/h33-48H,1-32H2. The number of epoxide rings is 1. The highest BCUT2D eigenvalue weighted by Crippen LogP contribution is 2.76. The van der Waals surface area contributed by atoms with Gasteiger partial charge in [0.2, 0.25) is 0 Å². The van der Waals surface area contributed by atoms with Gasteiger partial charge in [-0.2, -0.15) is 0 Å². The summed E-state index contributed by atoms with van der Waals surface area (Å²) in [6.45, 7) is 1.78. The molecule has 61 heavy (non-hydrogen) atoms. The first kappa shape index (κ1) is 36.1. The van der Waals surface area contributed by atoms with E-state index in [1.165, 1.54) is 38.5 Å². The molecule has 328 valence electrons. The lowest BCUT2D eigenvalue weighted by atomic mass is 9.38. The minimum absolute atomic E-state index is 0.335. The van der Waals surface area contributed by atoms with Crippen LogP contribution in [-0.2, 0) is 31.8 Å². The maximum absolute atomic E-state index is 8.23. The van der Waals surface area contributed by atoms with Gasteiger partial charge in [0, 0.05) is 22.0 Å². The monoisotopic (exact) mass is 821 g/mol. The van der Waals surface area contributed by atoms with Crippen molar-refractivity contribution in [3.8, 4) is 5.75 Å². The Kier molecular flexibility index (Phi) is 7.06. The smallest absolute Gasteiger partial charge is 0.127 e. The molecule has 21 fully saturated rings. The zero-order valence-corrected chi connectivity index (χ0v) is 38.2. The molecule has 2 nitrogen and oxygen atoms in total. The van der Waals surface area contributed by atoms with Gasteiger partial charge in [0.15, 0.2) is 0 Å². The van der Waals surface area contributed by atoms with Crippen molar-refractivity contribution in [1.82, 2.24) is 0 Å². The largest absolute Gasteiger partial charge is 0.490 e. The van der Waals surface area contributed by atoms with Gasteiger partial charge in [0.25, 0.3) is 0 Å². The summed E-state index contributed by atoms with van der Waals surface area (Å²) in [5.41, 5.74) is 12.7. The van der Waals surface area contributed by atoms with Crippen LogP contribution in [-0.4, -0.2) is 19.3 Å². The van der Waals surface area contributed by atoms with E-state index in [9.17, 15) is 0 Å². The van der Waals surface area contributed by atoms with Gasteiger partial charge >= 0.3 is 0 Å². The first-order valence-electron chi connectivity index (χ1n) is 28.3. The van der Waals surface area contributed by atoms with Gasteiger partial charge in [0.05, 0.1) is 6.61 Å². The van der Waals surface area contributed by atoms with E-state index in [0.29, 0.717) is 33.2 Å². The van der Waals surface area contributed by atoms with E-state index in [1.807, 2.05) is 11.1 Å². The fraction of sp³-hybridized carbons (Fsp3) is 0.898. The highest BCUT2D eigenvalue weighted by Gasteiger charge is 2.66. The van der Waals surface area contributed by atoms with Crippen LogP contribution in [0.3, 0.4) is 0 Å². The molecule has 21 aliphatic rings. The van der Waals surface area contributed by atoms with Crippen LogP contribution >= 0.6 is 0 Å². The SMILES string of the molecule is C1C2CC3CC1CC(c1c(OCC4CO4)c(C45CC6CC(CC(C6)C4)C5)c(C45CC6CC(CC(C6)C4)C5)c(C45CC6CC(CC(C6)C4)C5)c1C14CC5CC(CC(C5)C1)C4)(C2)C3. The maximum Gasteiger partial charge on any atom is 0.127 e. The van der Waals surface area contributed by atoms with E-state index in [-0.39, 0.29) is 0 Å². The van der Waals surface area contributed by atoms with Crippen LogP contribution in [0.2, 0.25) is 0 Å². The lowest BCUT2D eigenvalue weighted by molar-refractivity contribution is -0.0338. The van der Waals surface area contributed by atoms with Crippen LogP contribution in [0.25, 0.3) is 0 Å². The number of hydrogen-bond acceptors (Lipinski definition) is 2. The van der Waals surface area contributed by atoms with Crippen molar-refractivity contribution >= 4 is 0 Å². The molecule has 1 atom stereocenters. The van der Waals surface area contributed by atoms with E-state index in [0.717, 1.165) is 102 Å². The molecule has 20 aliphatic carbocycles. The topological polar surface area (TPSA) is 21.8 Å². The number of ether oxygens (including phenoxy) is 2. The summed E-state index contributed by atoms with van der Waals surface area (Å²) >= 11 is 0. The summed E-state index contributed by atoms with van der Waals surface area (Å²) in [5, 5.41) is 0. The minimum atomic E-state index is 0.335. The Hall–Kier alpha value is -1.02. The predicted octanol–water partition coefficient (Wildman–Crippen LogP) is 13.8. The van der Waals surface area contributed by atoms with Crippen LogP contribution in [0.1, 0.15) is 220 Å². The van der Waals surface area contributed by atoms with E-state index in [2.05, 4.69) is 16.7 Å². The fourth-order valence-electron chi connectivity index (χ4n) is 25.9. The molecule has 0 spiro atoms. The average molecular weight is 821 g/mol. The Morgan fingerprint density at radius 2 is 0.475 bits per heavy atom. The van der Waals surface area contributed by atoms with Crippen LogP contribution in [0.4, 0.5) is 0 Å². The third kappa shape index (κ3) is 4.99. The van der Waals surface area contributed by atoms with E-state index >= 15 is 0 Å². The fourth-order valence-corrected chi connectivity index (χ4v) is 25.9. The first-order chi connectivity index (χ1) is 29.8. The number of rotatable bonds is 8. The average Bonchev–Trinajstić information content (AvgIpc) is 4.01. The van der Waals surface area contributed by atoms with Gasteiger partial charge in [0.1, 0.15) is 18.5 Å². The highest BCUT2D eigenvalue weighted by atomic mass is 16.6. The zero-order chi connectivity index (χ0) is 39.2. The molecule has 0 radical (unpaired) electrons. The summed E-state index contributed by atoms with van der Waals surface area (Å²) in [5.74, 6) is 16.5. The Morgan fingerprint density at radius 3 is 0.672 bits per heavy atom. The third-order valence-electron chi connectivity index (χ3n) is 25.1. The van der Waals surface area contributed by atoms with Crippen molar-refractivity contribution in [1.29, 1.82) is 0 Å². The molecule has 2 heteroatoms. The molecular formula is C59H80O2. The molecular weight excluding hydrogens is 741 g/mol. The summed E-state index contributed by atoms with van der Waals surface area (Å²) < 4.78 is 14.5. The molecule has 22 rings (SSSR count). The first-order valence-corrected chi connectivity index (χ1v) is 28.3. The van der Waals surface area contributed by atoms with E-state index in [1.54, 1.807) is 160 Å². The molecule has 20 bridgehead atoms. The predicted molar refractivity (Wildman–Crippen MR) is 241 cm³/mol. The molecule has 1 saturated heterocycles. The van der Waals surface area contributed by atoms with Crippen molar-refractivity contribution in [2.24, 2.45) is 88.8 Å². The second-order valence-electron chi connectivity index (χ2n) is 29.5. The Labute approximate surface area is 369 Å². The molecule has 20 saturated carbocycles. The Bertz CT molecular complexity index is 1770. The highest BCUT2D eigenvalue weighted by molar-refractivity contribution is 5.69. The van der Waals surface area contributed by atoms with Crippen LogP contribution < -0.4 is 4.74 Å². The quantitative estimate of drug-likeness (QED) is 0.244. The summed E-state index contributed by atoms with van der Waals surface area (Å²) in [7, 11) is 0. The zero-order valence-electron chi connectivity index (χ0n) is 38.2. The molecule has 0 aromatic heterocycles. The van der Waals surface area contributed by atoms with Crippen molar-refractivity contribution in [3.63, 3.8) is 0 Å². The van der Waals surface area contributed by atoms with Crippen molar-refractivity contribution in [2.45, 2.75) is 226 Å². The van der Waals surface area contributed by atoms with Gasteiger partial charge in [-0.1, -0.05) is 0 Å². The lowest BCUT2D eigenvalue weighted by Crippen LogP contribution is -2.58. The van der Waals surface area contributed by atoms with Gasteiger partial charge < -0.3 is 9.47 Å². The summed E-state index contributed by atoms with van der Waals surface area (Å²) in [6.07, 6.45) is 47.1. The Morgan fingerprint density at radius 1 is 0.295 bits per heavy atom. The third-order valence-corrected chi connectivity index (χ3v) is 25.1. The Balaban J connectivity index is 1.04. The maximum atomic E-state index is 8.23. The van der Waals surface area contributed by atoms with E-state index < -0.39 is 0 Å². The van der Waals surface area contributed by atoms with Crippen molar-refractivity contribution in [2.75, 3.05) is 13.2 Å². The second-order valence-corrected chi connectivity index (χ2v) is 29.5. The summed E-state index contributed by atoms with van der Waals surface area (Å²) in [6, 6.07) is 0. The normalized spacial score (nSPS) is 58.8. The van der Waals surface area contributed by atoms with Crippen molar-refractivity contribution in [3.05, 3.63) is 27.8 Å². The number of benzene rings is 1. The molecule has 1 aliphatic heterocycles. The van der Waals surface area contributed by atoms with Crippen LogP contribution in [0.5, 0.6) is 5.75 Å². The molecule has 1 aromatic carbocycles. The second kappa shape index (κ2) is 11.9. The van der Waals surface area contributed by atoms with Gasteiger partial charge in [-0.3, -0.25) is 0 Å². The molecule has 0 amide bonds. The van der Waals surface area contributed by atoms with Crippen LogP contribution in [0.15, 0.2) is 0 Å². The van der Waals surface area contributed by atoms with Gasteiger partial charge in [-0.25, -0.2) is 0 Å². The lowest BCUT2D eigenvalue weighted by Gasteiger charge is -2.66. The van der Waals surface area contributed by atoms with Crippen LogP contribution in [0, 0.1) is 88.8 Å². The summed E-state index contributed by atoms with van der Waals surface area (Å²) in [4.78, 5) is 0. The number of hydrogen-bond donors (Lipinski definition) is 0. The van der Waals surface area contributed by atoms with E-state index in [4.69, 9.17) is 9.47 Å². The molecule has 1 aromatic rings.